The Bertz CT molecular complexity index is 978. The van der Waals surface area contributed by atoms with Crippen molar-refractivity contribution in [3.8, 4) is 11.3 Å². The lowest BCUT2D eigenvalue weighted by molar-refractivity contribution is 0.146. The van der Waals surface area contributed by atoms with Crippen LogP contribution >= 0.6 is 0 Å². The van der Waals surface area contributed by atoms with E-state index in [1.165, 1.54) is 25.0 Å². The minimum Gasteiger partial charge on any atom is -0.388 e. The number of fused-ring (bicyclic) bond motifs is 1. The summed E-state index contributed by atoms with van der Waals surface area (Å²) in [5.74, 6) is -0.264. The van der Waals surface area contributed by atoms with Crippen LogP contribution in [0.4, 0.5) is 4.39 Å². The molecule has 1 saturated heterocycles. The number of aliphatic hydroxyl groups excluding tert-OH is 1. The molecule has 2 heterocycles. The predicted octanol–water partition coefficient (Wildman–Crippen LogP) is 5.22. The van der Waals surface area contributed by atoms with E-state index in [9.17, 15) is 9.50 Å². The molecule has 4 rings (SSSR count). The second-order valence-electron chi connectivity index (χ2n) is 7.98. The van der Waals surface area contributed by atoms with Gasteiger partial charge >= 0.3 is 0 Å². The molecule has 1 aromatic heterocycles. The van der Waals surface area contributed by atoms with Gasteiger partial charge in [-0.15, -0.1) is 0 Å². The number of pyridine rings is 1. The summed E-state index contributed by atoms with van der Waals surface area (Å²) in [6.45, 7) is 5.14. The Morgan fingerprint density at radius 3 is 2.64 bits per heavy atom. The fraction of sp³-hybridized carbons (Fsp3) is 0.375. The number of nitrogens with zero attached hydrogens (tertiary/aromatic N) is 1. The number of hydrogen-bond acceptors (Lipinski definition) is 3. The van der Waals surface area contributed by atoms with Crippen molar-refractivity contribution in [3.63, 3.8) is 0 Å². The predicted molar refractivity (Wildman–Crippen MR) is 112 cm³/mol. The maximum absolute atomic E-state index is 13.4. The monoisotopic (exact) mass is 378 g/mol. The Balaban J connectivity index is 1.80. The SMILES string of the molecule is Cc1cc(C)c2nc(-c3ccc(F)cc3)cc(C(O)CC3CCCCN3)c2c1. The first-order chi connectivity index (χ1) is 13.5. The quantitative estimate of drug-likeness (QED) is 0.654. The summed E-state index contributed by atoms with van der Waals surface area (Å²) in [7, 11) is 0. The summed E-state index contributed by atoms with van der Waals surface area (Å²) in [5, 5.41) is 15.7. The third-order valence-electron chi connectivity index (χ3n) is 5.70. The first-order valence-electron chi connectivity index (χ1n) is 10.1. The average Bonchev–Trinajstić information content (AvgIpc) is 2.68. The molecule has 0 bridgehead atoms. The van der Waals surface area contributed by atoms with Crippen molar-refractivity contribution in [1.29, 1.82) is 0 Å². The fourth-order valence-electron chi connectivity index (χ4n) is 4.27. The van der Waals surface area contributed by atoms with E-state index in [2.05, 4.69) is 31.3 Å². The number of aryl methyl sites for hydroxylation is 2. The van der Waals surface area contributed by atoms with Crippen LogP contribution in [-0.2, 0) is 0 Å². The highest BCUT2D eigenvalue weighted by molar-refractivity contribution is 5.88. The van der Waals surface area contributed by atoms with Crippen molar-refractivity contribution in [2.45, 2.75) is 51.7 Å². The molecule has 1 aliphatic heterocycles. The molecule has 2 N–H and O–H groups in total. The molecule has 0 amide bonds. The Morgan fingerprint density at radius 2 is 1.93 bits per heavy atom. The minimum absolute atomic E-state index is 0.264. The highest BCUT2D eigenvalue weighted by Gasteiger charge is 2.21. The van der Waals surface area contributed by atoms with E-state index in [0.29, 0.717) is 12.5 Å². The Labute approximate surface area is 165 Å². The number of piperidine rings is 1. The summed E-state index contributed by atoms with van der Waals surface area (Å²) in [6.07, 6.45) is 3.64. The van der Waals surface area contributed by atoms with Crippen LogP contribution in [-0.4, -0.2) is 22.7 Å². The molecule has 2 aromatic carbocycles. The fourth-order valence-corrected chi connectivity index (χ4v) is 4.27. The summed E-state index contributed by atoms with van der Waals surface area (Å²) in [4.78, 5) is 4.86. The zero-order valence-corrected chi connectivity index (χ0v) is 16.5. The smallest absolute Gasteiger partial charge is 0.123 e. The summed E-state index contributed by atoms with van der Waals surface area (Å²) in [6, 6.07) is 12.9. The molecular weight excluding hydrogens is 351 g/mol. The number of rotatable bonds is 4. The first-order valence-corrected chi connectivity index (χ1v) is 10.1. The van der Waals surface area contributed by atoms with Gasteiger partial charge in [-0.25, -0.2) is 9.37 Å². The molecule has 0 saturated carbocycles. The average molecular weight is 378 g/mol. The third kappa shape index (κ3) is 3.94. The Kier molecular flexibility index (Phi) is 5.42. The molecule has 28 heavy (non-hydrogen) atoms. The van der Waals surface area contributed by atoms with Crippen molar-refractivity contribution in [2.24, 2.45) is 0 Å². The van der Waals surface area contributed by atoms with Gasteiger partial charge in [0, 0.05) is 17.0 Å². The topological polar surface area (TPSA) is 45.2 Å². The molecule has 0 aliphatic carbocycles. The van der Waals surface area contributed by atoms with Gasteiger partial charge in [-0.3, -0.25) is 0 Å². The summed E-state index contributed by atoms with van der Waals surface area (Å²) >= 11 is 0. The highest BCUT2D eigenvalue weighted by Crippen LogP contribution is 2.33. The summed E-state index contributed by atoms with van der Waals surface area (Å²) in [5.41, 5.74) is 5.67. The van der Waals surface area contributed by atoms with Gasteiger partial charge in [0.25, 0.3) is 0 Å². The van der Waals surface area contributed by atoms with Crippen molar-refractivity contribution in [2.75, 3.05) is 6.54 Å². The second kappa shape index (κ2) is 7.98. The van der Waals surface area contributed by atoms with Crippen molar-refractivity contribution < 1.29 is 9.50 Å². The van der Waals surface area contributed by atoms with Crippen molar-refractivity contribution in [3.05, 3.63) is 65.0 Å². The lowest BCUT2D eigenvalue weighted by Gasteiger charge is -2.26. The molecule has 1 fully saturated rings. The van der Waals surface area contributed by atoms with E-state index in [1.54, 1.807) is 12.1 Å². The van der Waals surface area contributed by atoms with Crippen molar-refractivity contribution >= 4 is 10.9 Å². The van der Waals surface area contributed by atoms with Gasteiger partial charge in [0.2, 0.25) is 0 Å². The van der Waals surface area contributed by atoms with Gasteiger partial charge < -0.3 is 10.4 Å². The van der Waals surface area contributed by atoms with Gasteiger partial charge in [0.1, 0.15) is 5.82 Å². The lowest BCUT2D eigenvalue weighted by Crippen LogP contribution is -2.35. The number of aromatic nitrogens is 1. The molecule has 146 valence electrons. The van der Waals surface area contributed by atoms with Crippen LogP contribution in [0.15, 0.2) is 42.5 Å². The normalized spacial score (nSPS) is 18.4. The lowest BCUT2D eigenvalue weighted by atomic mass is 9.92. The molecule has 0 spiro atoms. The Morgan fingerprint density at radius 1 is 1.14 bits per heavy atom. The molecule has 2 atom stereocenters. The Hall–Kier alpha value is -2.30. The number of hydrogen-bond donors (Lipinski definition) is 2. The van der Waals surface area contributed by atoms with Gasteiger partial charge in [0.15, 0.2) is 0 Å². The molecule has 0 radical (unpaired) electrons. The highest BCUT2D eigenvalue weighted by atomic mass is 19.1. The van der Waals surface area contributed by atoms with Crippen LogP contribution in [0, 0.1) is 19.7 Å². The van der Waals surface area contributed by atoms with Gasteiger partial charge in [-0.1, -0.05) is 18.1 Å². The number of halogens is 1. The van der Waals surface area contributed by atoms with Crippen molar-refractivity contribution in [1.82, 2.24) is 10.3 Å². The third-order valence-corrected chi connectivity index (χ3v) is 5.70. The first kappa shape index (κ1) is 19.0. The van der Waals surface area contributed by atoms with Gasteiger partial charge in [0.05, 0.1) is 17.3 Å². The van der Waals surface area contributed by atoms with Crippen LogP contribution < -0.4 is 5.32 Å². The van der Waals surface area contributed by atoms with E-state index < -0.39 is 6.10 Å². The van der Waals surface area contributed by atoms with Crippen LogP contribution in [0.3, 0.4) is 0 Å². The van der Waals surface area contributed by atoms with E-state index >= 15 is 0 Å². The maximum atomic E-state index is 13.4. The van der Waals surface area contributed by atoms with E-state index in [-0.39, 0.29) is 5.82 Å². The molecule has 4 heteroatoms. The zero-order chi connectivity index (χ0) is 19.7. The largest absolute Gasteiger partial charge is 0.388 e. The molecule has 3 nitrogen and oxygen atoms in total. The molecular formula is C24H27FN2O. The number of benzene rings is 2. The van der Waals surface area contributed by atoms with E-state index in [0.717, 1.165) is 51.8 Å². The summed E-state index contributed by atoms with van der Waals surface area (Å²) < 4.78 is 13.4. The van der Waals surface area contributed by atoms with Gasteiger partial charge in [-0.2, -0.15) is 0 Å². The molecule has 2 unspecified atom stereocenters. The maximum Gasteiger partial charge on any atom is 0.123 e. The molecule has 1 aliphatic rings. The standard InChI is InChI=1S/C24H27FN2O/c1-15-11-16(2)24-21(12-15)20(23(28)13-19-5-3-4-10-26-19)14-22(27-24)17-6-8-18(25)9-7-17/h6-9,11-12,14,19,23,26,28H,3-5,10,13H2,1-2H3. The van der Waals surface area contributed by atoms with E-state index in [4.69, 9.17) is 4.98 Å². The van der Waals surface area contributed by atoms with Crippen LogP contribution in [0.1, 0.15) is 48.5 Å². The second-order valence-corrected chi connectivity index (χ2v) is 7.98. The van der Waals surface area contributed by atoms with Crippen LogP contribution in [0.5, 0.6) is 0 Å². The van der Waals surface area contributed by atoms with Crippen LogP contribution in [0.2, 0.25) is 0 Å². The number of nitrogens with one attached hydrogen (secondary N) is 1. The number of aliphatic hydroxyl groups is 1. The molecule has 3 aromatic rings. The van der Waals surface area contributed by atoms with Crippen LogP contribution in [0.25, 0.3) is 22.2 Å². The van der Waals surface area contributed by atoms with E-state index in [1.807, 2.05) is 6.07 Å². The van der Waals surface area contributed by atoms with Gasteiger partial charge in [-0.05, 0) is 87.2 Å². The minimum atomic E-state index is -0.568. The zero-order valence-electron chi connectivity index (χ0n) is 16.5.